The first-order chi connectivity index (χ1) is 12.9. The molecule has 0 spiro atoms. The first-order valence-electron chi connectivity index (χ1n) is 8.78. The average Bonchev–Trinajstić information content (AvgIpc) is 2.87. The van der Waals surface area contributed by atoms with E-state index in [-0.39, 0.29) is 5.91 Å². The van der Waals surface area contributed by atoms with Crippen molar-refractivity contribution in [1.29, 1.82) is 0 Å². The van der Waals surface area contributed by atoms with Gasteiger partial charge in [-0.15, -0.1) is 0 Å². The Bertz CT molecular complexity index is 895. The van der Waals surface area contributed by atoms with E-state index in [0.717, 1.165) is 41.8 Å². The molecule has 2 aromatic rings. The van der Waals surface area contributed by atoms with E-state index in [1.807, 2.05) is 35.2 Å². The second-order valence-electron chi connectivity index (χ2n) is 6.80. The van der Waals surface area contributed by atoms with Gasteiger partial charge in [0.2, 0.25) is 0 Å². The summed E-state index contributed by atoms with van der Waals surface area (Å²) in [6.45, 7) is 9.15. The Hall–Kier alpha value is -1.35. The number of hydrogen-bond acceptors (Lipinski definition) is 2. The zero-order valence-electron chi connectivity index (χ0n) is 15.3. The SMILES string of the molecule is C=CCOc1c(I)cc(/C=C2\C(=O)N(CC(C)C)c3ccccc32)cc1I. The van der Waals surface area contributed by atoms with Gasteiger partial charge in [0.05, 0.1) is 12.8 Å². The lowest BCUT2D eigenvalue weighted by Crippen LogP contribution is -2.30. The molecule has 140 valence electrons. The van der Waals surface area contributed by atoms with Crippen LogP contribution in [0, 0.1) is 13.1 Å². The van der Waals surface area contributed by atoms with Gasteiger partial charge in [-0.1, -0.05) is 44.7 Å². The number of halogens is 2. The summed E-state index contributed by atoms with van der Waals surface area (Å²) in [4.78, 5) is 15.0. The van der Waals surface area contributed by atoms with Crippen LogP contribution in [-0.4, -0.2) is 19.1 Å². The highest BCUT2D eigenvalue weighted by Gasteiger charge is 2.32. The zero-order valence-corrected chi connectivity index (χ0v) is 19.7. The standard InChI is InChI=1S/C22H21I2NO2/c1-4-9-27-21-18(23)11-15(12-19(21)24)10-17-16-7-5-6-8-20(16)25(22(17)26)13-14(2)3/h4-8,10-12,14H,1,9,13H2,2-3H3/b17-10-. The average molecular weight is 585 g/mol. The number of carbonyl (C=O) groups excluding carboxylic acids is 1. The van der Waals surface area contributed by atoms with E-state index in [4.69, 9.17) is 4.74 Å². The molecule has 1 aliphatic heterocycles. The summed E-state index contributed by atoms with van der Waals surface area (Å²) in [5.74, 6) is 1.34. The van der Waals surface area contributed by atoms with E-state index in [1.165, 1.54) is 0 Å². The quantitative estimate of drug-likeness (QED) is 0.237. The van der Waals surface area contributed by atoms with Crippen LogP contribution in [0.1, 0.15) is 25.0 Å². The largest absolute Gasteiger partial charge is 0.487 e. The molecule has 1 aliphatic rings. The maximum Gasteiger partial charge on any atom is 0.259 e. The number of anilines is 1. The summed E-state index contributed by atoms with van der Waals surface area (Å²) < 4.78 is 7.79. The Labute approximate surface area is 187 Å². The Morgan fingerprint density at radius 1 is 1.19 bits per heavy atom. The third-order valence-electron chi connectivity index (χ3n) is 4.19. The highest BCUT2D eigenvalue weighted by atomic mass is 127. The molecule has 1 heterocycles. The van der Waals surface area contributed by atoms with Crippen LogP contribution in [0.4, 0.5) is 5.69 Å². The number of hydrogen-bond donors (Lipinski definition) is 0. The molecule has 0 aromatic heterocycles. The maximum absolute atomic E-state index is 13.1. The normalized spacial score (nSPS) is 14.8. The fourth-order valence-electron chi connectivity index (χ4n) is 3.10. The fraction of sp³-hybridized carbons (Fsp3) is 0.227. The Kier molecular flexibility index (Phi) is 6.62. The predicted molar refractivity (Wildman–Crippen MR) is 129 cm³/mol. The second-order valence-corrected chi connectivity index (χ2v) is 9.12. The number of rotatable bonds is 6. The number of amides is 1. The molecule has 3 nitrogen and oxygen atoms in total. The van der Waals surface area contributed by atoms with E-state index in [0.29, 0.717) is 12.5 Å². The van der Waals surface area contributed by atoms with Crippen LogP contribution in [0.15, 0.2) is 49.1 Å². The van der Waals surface area contributed by atoms with Crippen molar-refractivity contribution < 1.29 is 9.53 Å². The molecule has 5 heteroatoms. The van der Waals surface area contributed by atoms with Gasteiger partial charge in [-0.25, -0.2) is 0 Å². The number of para-hydroxylation sites is 1. The monoisotopic (exact) mass is 585 g/mol. The fourth-order valence-corrected chi connectivity index (χ4v) is 5.23. The molecule has 0 fully saturated rings. The van der Waals surface area contributed by atoms with E-state index in [9.17, 15) is 4.79 Å². The van der Waals surface area contributed by atoms with Crippen LogP contribution >= 0.6 is 45.2 Å². The van der Waals surface area contributed by atoms with Gasteiger partial charge in [-0.2, -0.15) is 0 Å². The third kappa shape index (κ3) is 4.39. The van der Waals surface area contributed by atoms with Gasteiger partial charge >= 0.3 is 0 Å². The van der Waals surface area contributed by atoms with Crippen molar-refractivity contribution in [3.05, 3.63) is 67.3 Å². The van der Waals surface area contributed by atoms with Gasteiger partial charge in [-0.05, 0) is 80.9 Å². The summed E-state index contributed by atoms with van der Waals surface area (Å²) in [5, 5.41) is 0. The predicted octanol–water partition coefficient (Wildman–Crippen LogP) is 6.00. The lowest BCUT2D eigenvalue weighted by molar-refractivity contribution is -0.113. The molecule has 1 amide bonds. The first kappa shape index (κ1) is 20.4. The molecule has 0 saturated carbocycles. The van der Waals surface area contributed by atoms with Crippen molar-refractivity contribution >= 4 is 68.4 Å². The minimum atomic E-state index is 0.0712. The van der Waals surface area contributed by atoms with Crippen molar-refractivity contribution in [2.75, 3.05) is 18.1 Å². The van der Waals surface area contributed by atoms with Gasteiger partial charge in [0.25, 0.3) is 5.91 Å². The van der Waals surface area contributed by atoms with Crippen LogP contribution in [0.3, 0.4) is 0 Å². The Morgan fingerprint density at radius 3 is 2.48 bits per heavy atom. The van der Waals surface area contributed by atoms with E-state index >= 15 is 0 Å². The summed E-state index contributed by atoms with van der Waals surface area (Å²) in [5.41, 5.74) is 3.75. The number of carbonyl (C=O) groups is 1. The summed E-state index contributed by atoms with van der Waals surface area (Å²) in [7, 11) is 0. The summed E-state index contributed by atoms with van der Waals surface area (Å²) >= 11 is 4.55. The van der Waals surface area contributed by atoms with Crippen molar-refractivity contribution in [2.45, 2.75) is 13.8 Å². The van der Waals surface area contributed by atoms with Crippen molar-refractivity contribution in [3.63, 3.8) is 0 Å². The first-order valence-corrected chi connectivity index (χ1v) is 10.9. The highest BCUT2D eigenvalue weighted by Crippen LogP contribution is 2.39. The van der Waals surface area contributed by atoms with Crippen molar-refractivity contribution in [1.82, 2.24) is 0 Å². The van der Waals surface area contributed by atoms with Crippen LogP contribution in [0.5, 0.6) is 5.75 Å². The number of nitrogens with zero attached hydrogens (tertiary/aromatic N) is 1. The smallest absolute Gasteiger partial charge is 0.259 e. The molecule has 0 N–H and O–H groups in total. The molecule has 27 heavy (non-hydrogen) atoms. The zero-order chi connectivity index (χ0) is 19.6. The van der Waals surface area contributed by atoms with Gasteiger partial charge in [0.1, 0.15) is 12.4 Å². The minimum Gasteiger partial charge on any atom is -0.487 e. The van der Waals surface area contributed by atoms with E-state index < -0.39 is 0 Å². The number of benzene rings is 2. The molecule has 0 saturated heterocycles. The summed E-state index contributed by atoms with van der Waals surface area (Å²) in [6.07, 6.45) is 3.72. The second kappa shape index (κ2) is 8.77. The molecule has 0 radical (unpaired) electrons. The van der Waals surface area contributed by atoms with Crippen LogP contribution in [0.2, 0.25) is 0 Å². The molecule has 3 rings (SSSR count). The van der Waals surface area contributed by atoms with Crippen molar-refractivity contribution in [3.8, 4) is 5.75 Å². The van der Waals surface area contributed by atoms with E-state index in [2.05, 4.69) is 77.7 Å². The molecule has 0 unspecified atom stereocenters. The van der Waals surface area contributed by atoms with Gasteiger partial charge in [-0.3, -0.25) is 4.79 Å². The van der Waals surface area contributed by atoms with Gasteiger partial charge in [0, 0.05) is 17.7 Å². The summed E-state index contributed by atoms with van der Waals surface area (Å²) in [6, 6.07) is 12.1. The number of ether oxygens (including phenoxy) is 1. The molecule has 0 atom stereocenters. The Balaban J connectivity index is 2.02. The van der Waals surface area contributed by atoms with Crippen LogP contribution < -0.4 is 9.64 Å². The molecule has 0 bridgehead atoms. The van der Waals surface area contributed by atoms with Gasteiger partial charge in [0.15, 0.2) is 0 Å². The minimum absolute atomic E-state index is 0.0712. The molecular weight excluding hydrogens is 564 g/mol. The lowest BCUT2D eigenvalue weighted by atomic mass is 10.0. The topological polar surface area (TPSA) is 29.5 Å². The van der Waals surface area contributed by atoms with Crippen molar-refractivity contribution in [2.24, 2.45) is 5.92 Å². The third-order valence-corrected chi connectivity index (χ3v) is 5.79. The van der Waals surface area contributed by atoms with E-state index in [1.54, 1.807) is 6.08 Å². The molecule has 0 aliphatic carbocycles. The molecular formula is C22H21I2NO2. The maximum atomic E-state index is 13.1. The Morgan fingerprint density at radius 2 is 1.85 bits per heavy atom. The van der Waals surface area contributed by atoms with Gasteiger partial charge < -0.3 is 9.64 Å². The van der Waals surface area contributed by atoms with Crippen LogP contribution in [0.25, 0.3) is 11.6 Å². The highest BCUT2D eigenvalue weighted by molar-refractivity contribution is 14.1. The van der Waals surface area contributed by atoms with Crippen LogP contribution in [-0.2, 0) is 4.79 Å². The lowest BCUT2D eigenvalue weighted by Gasteiger charge is -2.19. The number of fused-ring (bicyclic) bond motifs is 1. The molecule has 2 aromatic carbocycles.